The van der Waals surface area contributed by atoms with Crippen LogP contribution in [0.3, 0.4) is 0 Å². The average Bonchev–Trinajstić information content (AvgIpc) is 2.27. The van der Waals surface area contributed by atoms with Crippen LogP contribution in [-0.2, 0) is 16.0 Å². The molecule has 0 unspecified atom stereocenters. The van der Waals surface area contributed by atoms with Crippen LogP contribution in [0.25, 0.3) is 0 Å². The van der Waals surface area contributed by atoms with Crippen LogP contribution in [0, 0.1) is 0 Å². The summed E-state index contributed by atoms with van der Waals surface area (Å²) in [5.74, 6) is -0.959. The average molecular weight is 283 g/mol. The topological polar surface area (TPSA) is 110 Å². The first-order chi connectivity index (χ1) is 9.11. The second kappa shape index (κ2) is 8.16. The fourth-order valence-electron chi connectivity index (χ4n) is 1.22. The molecule has 20 heavy (non-hydrogen) atoms. The molecule has 1 atom stereocenters. The summed E-state index contributed by atoms with van der Waals surface area (Å²) in [7, 11) is 0. The molecule has 0 aliphatic carbocycles. The number of hydrogen-bond donors (Lipinski definition) is 3. The molecule has 1 rings (SSSR count). The van der Waals surface area contributed by atoms with Crippen molar-refractivity contribution in [2.45, 2.75) is 38.8 Å². The van der Waals surface area contributed by atoms with E-state index in [0.717, 1.165) is 5.56 Å². The molecular formula is C14H21NO5. The van der Waals surface area contributed by atoms with Gasteiger partial charge in [-0.1, -0.05) is 30.3 Å². The highest BCUT2D eigenvalue weighted by atomic mass is 16.7. The molecule has 0 aromatic heterocycles. The van der Waals surface area contributed by atoms with Gasteiger partial charge >= 0.3 is 12.1 Å². The predicted octanol–water partition coefficient (Wildman–Crippen LogP) is 2.12. The number of nitrogens with two attached hydrogens (primary N) is 1. The zero-order chi connectivity index (χ0) is 15.8. The Balaban J connectivity index is 0.000000396. The van der Waals surface area contributed by atoms with Gasteiger partial charge in [0.25, 0.3) is 0 Å². The molecular weight excluding hydrogens is 262 g/mol. The van der Waals surface area contributed by atoms with Gasteiger partial charge in [0.2, 0.25) is 0 Å². The third-order valence-electron chi connectivity index (χ3n) is 2.01. The van der Waals surface area contributed by atoms with Gasteiger partial charge in [0, 0.05) is 0 Å². The molecule has 0 spiro atoms. The Morgan fingerprint density at radius 2 is 1.70 bits per heavy atom. The van der Waals surface area contributed by atoms with Gasteiger partial charge in [0.1, 0.15) is 11.6 Å². The molecule has 0 aliphatic heterocycles. The molecule has 1 aromatic carbocycles. The SMILES string of the molecule is CC(C)(C)OC(=O)O.N[C@@H](Cc1ccccc1)C(=O)O. The fraction of sp³-hybridized carbons (Fsp3) is 0.429. The van der Waals surface area contributed by atoms with E-state index in [1.54, 1.807) is 20.8 Å². The Labute approximate surface area is 118 Å². The lowest BCUT2D eigenvalue weighted by molar-refractivity contribution is -0.138. The molecule has 0 saturated heterocycles. The summed E-state index contributed by atoms with van der Waals surface area (Å²) >= 11 is 0. The first-order valence-electron chi connectivity index (χ1n) is 6.06. The van der Waals surface area contributed by atoms with E-state index < -0.39 is 23.8 Å². The van der Waals surface area contributed by atoms with E-state index in [2.05, 4.69) is 4.74 Å². The third-order valence-corrected chi connectivity index (χ3v) is 2.01. The lowest BCUT2D eigenvalue weighted by Crippen LogP contribution is -2.32. The minimum atomic E-state index is -1.22. The van der Waals surface area contributed by atoms with E-state index >= 15 is 0 Å². The summed E-state index contributed by atoms with van der Waals surface area (Å²) in [6.45, 7) is 5.04. The van der Waals surface area contributed by atoms with Crippen LogP contribution in [0.5, 0.6) is 0 Å². The number of carboxylic acids is 1. The first-order valence-corrected chi connectivity index (χ1v) is 6.06. The van der Waals surface area contributed by atoms with Gasteiger partial charge < -0.3 is 20.7 Å². The number of aliphatic carboxylic acids is 1. The minimum Gasteiger partial charge on any atom is -0.480 e. The molecule has 0 fully saturated rings. The van der Waals surface area contributed by atoms with Crippen LogP contribution < -0.4 is 5.73 Å². The van der Waals surface area contributed by atoms with E-state index in [4.69, 9.17) is 15.9 Å². The lowest BCUT2D eigenvalue weighted by atomic mass is 10.1. The third kappa shape index (κ3) is 9.90. The van der Waals surface area contributed by atoms with Crippen molar-refractivity contribution in [2.75, 3.05) is 0 Å². The summed E-state index contributed by atoms with van der Waals surface area (Å²) in [4.78, 5) is 20.2. The Bertz CT molecular complexity index is 425. The Hall–Kier alpha value is -2.08. The van der Waals surface area contributed by atoms with Crippen molar-refractivity contribution in [1.82, 2.24) is 0 Å². The first kappa shape index (κ1) is 17.9. The van der Waals surface area contributed by atoms with Gasteiger partial charge in [-0.05, 0) is 32.8 Å². The van der Waals surface area contributed by atoms with Crippen LogP contribution in [-0.4, -0.2) is 34.0 Å². The molecule has 0 radical (unpaired) electrons. The molecule has 0 amide bonds. The highest BCUT2D eigenvalue weighted by Crippen LogP contribution is 2.05. The molecule has 0 heterocycles. The van der Waals surface area contributed by atoms with Crippen molar-refractivity contribution in [1.29, 1.82) is 0 Å². The van der Waals surface area contributed by atoms with Crippen LogP contribution in [0.4, 0.5) is 4.79 Å². The Morgan fingerprint density at radius 1 is 1.20 bits per heavy atom. The van der Waals surface area contributed by atoms with Crippen LogP contribution in [0.1, 0.15) is 26.3 Å². The lowest BCUT2D eigenvalue weighted by Gasteiger charge is -2.15. The maximum absolute atomic E-state index is 10.4. The summed E-state index contributed by atoms with van der Waals surface area (Å²) in [6, 6.07) is 8.54. The number of hydrogen-bond acceptors (Lipinski definition) is 4. The van der Waals surface area contributed by atoms with E-state index in [0.29, 0.717) is 6.42 Å². The molecule has 0 bridgehead atoms. The summed E-state index contributed by atoms with van der Waals surface area (Å²) in [5.41, 5.74) is 5.72. The Morgan fingerprint density at radius 3 is 2.00 bits per heavy atom. The maximum Gasteiger partial charge on any atom is 0.506 e. The molecule has 1 aromatic rings. The van der Waals surface area contributed by atoms with Crippen molar-refractivity contribution in [3.63, 3.8) is 0 Å². The predicted molar refractivity (Wildman–Crippen MR) is 74.6 cm³/mol. The zero-order valence-corrected chi connectivity index (χ0v) is 11.9. The van der Waals surface area contributed by atoms with Crippen LogP contribution >= 0.6 is 0 Å². The number of carboxylic acid groups (broad SMARTS) is 2. The van der Waals surface area contributed by atoms with E-state index in [9.17, 15) is 9.59 Å². The molecule has 6 nitrogen and oxygen atoms in total. The summed E-state index contributed by atoms with van der Waals surface area (Å²) < 4.78 is 4.35. The van der Waals surface area contributed by atoms with Gasteiger partial charge in [-0.2, -0.15) is 0 Å². The van der Waals surface area contributed by atoms with Gasteiger partial charge in [0.15, 0.2) is 0 Å². The largest absolute Gasteiger partial charge is 0.506 e. The molecule has 4 N–H and O–H groups in total. The van der Waals surface area contributed by atoms with Crippen molar-refractivity contribution < 1.29 is 24.5 Å². The van der Waals surface area contributed by atoms with Crippen LogP contribution in [0.2, 0.25) is 0 Å². The quantitative estimate of drug-likeness (QED) is 0.733. The highest BCUT2D eigenvalue weighted by molar-refractivity contribution is 5.73. The number of benzene rings is 1. The standard InChI is InChI=1S/C9H11NO2.C5H10O3/c10-8(9(11)12)6-7-4-2-1-3-5-7;1-5(2,3)8-4(6)7/h1-5,8H,6,10H2,(H,11,12);1-3H3,(H,6,7)/t8-;/m0./s1. The molecule has 112 valence electrons. The van der Waals surface area contributed by atoms with E-state index in [1.165, 1.54) is 0 Å². The smallest absolute Gasteiger partial charge is 0.480 e. The van der Waals surface area contributed by atoms with E-state index in [-0.39, 0.29) is 0 Å². The van der Waals surface area contributed by atoms with Crippen LogP contribution in [0.15, 0.2) is 30.3 Å². The molecule has 6 heteroatoms. The van der Waals surface area contributed by atoms with E-state index in [1.807, 2.05) is 30.3 Å². The monoisotopic (exact) mass is 283 g/mol. The van der Waals surface area contributed by atoms with Gasteiger partial charge in [-0.15, -0.1) is 0 Å². The number of rotatable bonds is 3. The second-order valence-corrected chi connectivity index (χ2v) is 5.11. The maximum atomic E-state index is 10.4. The normalized spacial score (nSPS) is 11.8. The van der Waals surface area contributed by atoms with Crippen molar-refractivity contribution in [3.8, 4) is 0 Å². The summed E-state index contributed by atoms with van der Waals surface area (Å²) in [5, 5.41) is 16.5. The highest BCUT2D eigenvalue weighted by Gasteiger charge is 2.14. The number of carbonyl (C=O) groups is 2. The van der Waals surface area contributed by atoms with Crippen molar-refractivity contribution in [2.24, 2.45) is 5.73 Å². The van der Waals surface area contributed by atoms with Gasteiger partial charge in [-0.3, -0.25) is 4.79 Å². The molecule has 0 aliphatic rings. The van der Waals surface area contributed by atoms with Crippen molar-refractivity contribution >= 4 is 12.1 Å². The second-order valence-electron chi connectivity index (χ2n) is 5.11. The summed E-state index contributed by atoms with van der Waals surface area (Å²) in [6.07, 6.45) is -0.839. The minimum absolute atomic E-state index is 0.385. The fourth-order valence-corrected chi connectivity index (χ4v) is 1.22. The zero-order valence-electron chi connectivity index (χ0n) is 11.9. The molecule has 0 saturated carbocycles. The van der Waals surface area contributed by atoms with Gasteiger partial charge in [-0.25, -0.2) is 4.79 Å². The van der Waals surface area contributed by atoms with Gasteiger partial charge in [0.05, 0.1) is 0 Å². The van der Waals surface area contributed by atoms with Crippen molar-refractivity contribution in [3.05, 3.63) is 35.9 Å². The Kier molecular flexibility index (Phi) is 7.31. The number of ether oxygens (including phenoxy) is 1.